The molecule has 3 rings (SSSR count). The summed E-state index contributed by atoms with van der Waals surface area (Å²) in [7, 11) is 0. The van der Waals surface area contributed by atoms with Crippen LogP contribution in [0.5, 0.6) is 0 Å². The van der Waals surface area contributed by atoms with Crippen LogP contribution in [0, 0.1) is 20.8 Å². The molecule has 1 fully saturated rings. The van der Waals surface area contributed by atoms with Gasteiger partial charge in [-0.1, -0.05) is 35.9 Å². The molecule has 136 valence electrons. The van der Waals surface area contributed by atoms with Gasteiger partial charge in [-0.15, -0.1) is 0 Å². The van der Waals surface area contributed by atoms with Crippen LogP contribution < -0.4 is 10.6 Å². The summed E-state index contributed by atoms with van der Waals surface area (Å²) >= 11 is 0. The number of benzene rings is 2. The number of aryl methyl sites for hydroxylation is 3. The van der Waals surface area contributed by atoms with Gasteiger partial charge in [-0.05, 0) is 56.9 Å². The second kappa shape index (κ2) is 7.60. The Balaban J connectivity index is 1.70. The van der Waals surface area contributed by atoms with Gasteiger partial charge in [0.05, 0.1) is 0 Å². The molecule has 1 saturated heterocycles. The van der Waals surface area contributed by atoms with Crippen molar-refractivity contribution in [2.45, 2.75) is 39.7 Å². The molecule has 0 bridgehead atoms. The van der Waals surface area contributed by atoms with Crippen molar-refractivity contribution in [3.63, 3.8) is 0 Å². The molecule has 2 aromatic rings. The Bertz CT molecular complexity index is 794. The van der Waals surface area contributed by atoms with Gasteiger partial charge < -0.3 is 15.5 Å². The fourth-order valence-electron chi connectivity index (χ4n) is 3.33. The Labute approximate surface area is 154 Å². The van der Waals surface area contributed by atoms with Gasteiger partial charge in [0.2, 0.25) is 5.91 Å². The summed E-state index contributed by atoms with van der Waals surface area (Å²) in [6.07, 6.45) is 1.50. The number of urea groups is 1. The molecule has 1 heterocycles. The maximum atomic E-state index is 12.8. The van der Waals surface area contributed by atoms with Gasteiger partial charge in [0, 0.05) is 17.9 Å². The molecule has 1 atom stereocenters. The molecule has 26 heavy (non-hydrogen) atoms. The van der Waals surface area contributed by atoms with Gasteiger partial charge in [-0.3, -0.25) is 4.79 Å². The molecule has 0 spiro atoms. The number of nitrogens with zero attached hydrogens (tertiary/aromatic N) is 1. The number of carbonyl (C=O) groups excluding carboxylic acids is 2. The van der Waals surface area contributed by atoms with E-state index in [2.05, 4.69) is 10.6 Å². The van der Waals surface area contributed by atoms with Gasteiger partial charge >= 0.3 is 6.03 Å². The standard InChI is InChI=1S/C21H25N3O2/c1-14-9-11-17(12-10-14)22-21(26)24-13-5-8-18(24)20(25)23-19-15(2)6-4-7-16(19)3/h4,6-7,9-12,18H,5,8,13H2,1-3H3,(H,22,26)(H,23,25)/t18-/m0/s1. The quantitative estimate of drug-likeness (QED) is 0.868. The molecule has 1 aliphatic heterocycles. The van der Waals surface area contributed by atoms with Crippen LogP contribution in [-0.2, 0) is 4.79 Å². The highest BCUT2D eigenvalue weighted by Crippen LogP contribution is 2.24. The average Bonchev–Trinajstić information content (AvgIpc) is 3.10. The molecule has 5 nitrogen and oxygen atoms in total. The number of para-hydroxylation sites is 1. The van der Waals surface area contributed by atoms with Crippen LogP contribution in [0.3, 0.4) is 0 Å². The van der Waals surface area contributed by atoms with E-state index in [4.69, 9.17) is 0 Å². The van der Waals surface area contributed by atoms with Crippen LogP contribution >= 0.6 is 0 Å². The number of likely N-dealkylation sites (tertiary alicyclic amines) is 1. The Morgan fingerprint density at radius 1 is 0.962 bits per heavy atom. The lowest BCUT2D eigenvalue weighted by atomic mass is 10.1. The van der Waals surface area contributed by atoms with E-state index in [-0.39, 0.29) is 11.9 Å². The second-order valence-electron chi connectivity index (χ2n) is 6.90. The van der Waals surface area contributed by atoms with E-state index in [0.29, 0.717) is 13.0 Å². The number of carbonyl (C=O) groups is 2. The summed E-state index contributed by atoms with van der Waals surface area (Å²) in [5.74, 6) is -0.126. The highest BCUT2D eigenvalue weighted by Gasteiger charge is 2.34. The third kappa shape index (κ3) is 3.87. The summed E-state index contributed by atoms with van der Waals surface area (Å²) in [5.41, 5.74) is 4.75. The molecule has 0 unspecified atom stereocenters. The van der Waals surface area contributed by atoms with Gasteiger partial charge in [0.1, 0.15) is 6.04 Å². The van der Waals surface area contributed by atoms with Gasteiger partial charge in [0.25, 0.3) is 0 Å². The van der Waals surface area contributed by atoms with Crippen LogP contribution in [0.25, 0.3) is 0 Å². The molecule has 3 amide bonds. The molecule has 0 aliphatic carbocycles. The average molecular weight is 351 g/mol. The van der Waals surface area contributed by atoms with E-state index in [1.54, 1.807) is 4.90 Å². The monoisotopic (exact) mass is 351 g/mol. The van der Waals surface area contributed by atoms with E-state index >= 15 is 0 Å². The number of nitrogens with one attached hydrogen (secondary N) is 2. The third-order valence-electron chi connectivity index (χ3n) is 4.85. The van der Waals surface area contributed by atoms with Crippen molar-refractivity contribution in [2.75, 3.05) is 17.2 Å². The van der Waals surface area contributed by atoms with E-state index < -0.39 is 6.04 Å². The number of hydrogen-bond acceptors (Lipinski definition) is 2. The predicted molar refractivity (Wildman–Crippen MR) is 104 cm³/mol. The van der Waals surface area contributed by atoms with E-state index in [0.717, 1.165) is 34.5 Å². The summed E-state index contributed by atoms with van der Waals surface area (Å²) in [5, 5.41) is 5.91. The summed E-state index contributed by atoms with van der Waals surface area (Å²) in [4.78, 5) is 27.1. The molecular formula is C21H25N3O2. The fraction of sp³-hybridized carbons (Fsp3) is 0.333. The Kier molecular flexibility index (Phi) is 5.26. The lowest BCUT2D eigenvalue weighted by molar-refractivity contribution is -0.119. The first-order valence-corrected chi connectivity index (χ1v) is 8.97. The lowest BCUT2D eigenvalue weighted by Crippen LogP contribution is -2.45. The van der Waals surface area contributed by atoms with E-state index in [1.165, 1.54) is 0 Å². The van der Waals surface area contributed by atoms with Crippen molar-refractivity contribution in [2.24, 2.45) is 0 Å². The zero-order valence-electron chi connectivity index (χ0n) is 15.5. The first kappa shape index (κ1) is 18.0. The third-order valence-corrected chi connectivity index (χ3v) is 4.85. The fourth-order valence-corrected chi connectivity index (χ4v) is 3.33. The molecule has 0 aromatic heterocycles. The minimum absolute atomic E-state index is 0.126. The van der Waals surface area contributed by atoms with Crippen molar-refractivity contribution in [3.05, 3.63) is 59.2 Å². The Morgan fingerprint density at radius 3 is 2.27 bits per heavy atom. The summed E-state index contributed by atoms with van der Waals surface area (Å²) < 4.78 is 0. The molecule has 2 aromatic carbocycles. The van der Waals surface area contributed by atoms with Gasteiger partial charge in [0.15, 0.2) is 0 Å². The highest BCUT2D eigenvalue weighted by atomic mass is 16.2. The number of anilines is 2. The van der Waals surface area contributed by atoms with Crippen LogP contribution in [0.4, 0.5) is 16.2 Å². The van der Waals surface area contributed by atoms with Gasteiger partial charge in [-0.25, -0.2) is 4.79 Å². The largest absolute Gasteiger partial charge is 0.324 e. The zero-order chi connectivity index (χ0) is 18.7. The molecule has 1 aliphatic rings. The predicted octanol–water partition coefficient (Wildman–Crippen LogP) is 4.25. The van der Waals surface area contributed by atoms with Crippen molar-refractivity contribution < 1.29 is 9.59 Å². The molecule has 0 saturated carbocycles. The number of amides is 3. The minimum Gasteiger partial charge on any atom is -0.324 e. The summed E-state index contributed by atoms with van der Waals surface area (Å²) in [6.45, 7) is 6.53. The molecular weight excluding hydrogens is 326 g/mol. The van der Waals surface area contributed by atoms with Crippen LogP contribution in [0.1, 0.15) is 29.5 Å². The molecule has 0 radical (unpaired) electrons. The van der Waals surface area contributed by atoms with E-state index in [9.17, 15) is 9.59 Å². The van der Waals surface area contributed by atoms with E-state index in [1.807, 2.05) is 63.2 Å². The smallest absolute Gasteiger partial charge is 0.322 e. The number of rotatable bonds is 3. The lowest BCUT2D eigenvalue weighted by Gasteiger charge is -2.25. The van der Waals surface area contributed by atoms with Crippen LogP contribution in [0.15, 0.2) is 42.5 Å². The molecule has 5 heteroatoms. The van der Waals surface area contributed by atoms with Crippen LogP contribution in [0.2, 0.25) is 0 Å². The SMILES string of the molecule is Cc1ccc(NC(=O)N2CCC[C@H]2C(=O)Nc2c(C)cccc2C)cc1. The van der Waals surface area contributed by atoms with Crippen molar-refractivity contribution >= 4 is 23.3 Å². The maximum absolute atomic E-state index is 12.8. The van der Waals surface area contributed by atoms with Crippen molar-refractivity contribution in [3.8, 4) is 0 Å². The Hall–Kier alpha value is -2.82. The Morgan fingerprint density at radius 2 is 1.62 bits per heavy atom. The van der Waals surface area contributed by atoms with Crippen molar-refractivity contribution in [1.29, 1.82) is 0 Å². The van der Waals surface area contributed by atoms with Crippen LogP contribution in [-0.4, -0.2) is 29.4 Å². The van der Waals surface area contributed by atoms with Gasteiger partial charge in [-0.2, -0.15) is 0 Å². The maximum Gasteiger partial charge on any atom is 0.322 e. The minimum atomic E-state index is -0.445. The highest BCUT2D eigenvalue weighted by molar-refractivity contribution is 6.00. The first-order valence-electron chi connectivity index (χ1n) is 8.97. The van der Waals surface area contributed by atoms with Crippen molar-refractivity contribution in [1.82, 2.24) is 4.90 Å². The zero-order valence-corrected chi connectivity index (χ0v) is 15.5. The molecule has 2 N–H and O–H groups in total. The normalized spacial score (nSPS) is 16.4. The first-order chi connectivity index (χ1) is 12.5. The second-order valence-corrected chi connectivity index (χ2v) is 6.90. The number of hydrogen-bond donors (Lipinski definition) is 2. The topological polar surface area (TPSA) is 61.4 Å². The summed E-state index contributed by atoms with van der Waals surface area (Å²) in [6, 6.07) is 12.9.